The molecule has 16 heavy (non-hydrogen) atoms. The number of piperidine rings is 1. The summed E-state index contributed by atoms with van der Waals surface area (Å²) in [7, 11) is 0. The monoisotopic (exact) mass is 227 g/mol. The van der Waals surface area contributed by atoms with Gasteiger partial charge in [-0.1, -0.05) is 13.8 Å². The molecule has 1 fully saturated rings. The van der Waals surface area contributed by atoms with Crippen LogP contribution in [0, 0.1) is 11.8 Å². The van der Waals surface area contributed by atoms with Crippen molar-refractivity contribution in [2.45, 2.75) is 39.5 Å². The summed E-state index contributed by atoms with van der Waals surface area (Å²) in [6.07, 6.45) is 2.70. The summed E-state index contributed by atoms with van der Waals surface area (Å²) in [4.78, 5) is 24.2. The van der Waals surface area contributed by atoms with E-state index < -0.39 is 5.97 Å². The largest absolute Gasteiger partial charge is 0.481 e. The number of rotatable bonds is 4. The molecule has 0 spiro atoms. The maximum Gasteiger partial charge on any atom is 0.303 e. The summed E-state index contributed by atoms with van der Waals surface area (Å²) in [5, 5.41) is 8.62. The molecule has 1 rings (SSSR count). The fourth-order valence-electron chi connectivity index (χ4n) is 2.21. The number of amides is 1. The number of aliphatic carboxylic acids is 1. The van der Waals surface area contributed by atoms with Gasteiger partial charge in [0.05, 0.1) is 0 Å². The predicted octanol–water partition coefficient (Wildman–Crippen LogP) is 1.75. The van der Waals surface area contributed by atoms with Gasteiger partial charge < -0.3 is 10.0 Å². The second kappa shape index (κ2) is 5.87. The number of nitrogens with zero attached hydrogens (tertiary/aromatic N) is 1. The first-order chi connectivity index (χ1) is 7.49. The average molecular weight is 227 g/mol. The molecule has 1 heterocycles. The highest BCUT2D eigenvalue weighted by Crippen LogP contribution is 2.18. The number of likely N-dealkylation sites (tertiary alicyclic amines) is 1. The van der Waals surface area contributed by atoms with Gasteiger partial charge >= 0.3 is 5.97 Å². The second-order valence-corrected chi connectivity index (χ2v) is 4.99. The average Bonchev–Trinajstić information content (AvgIpc) is 2.16. The van der Waals surface area contributed by atoms with Crippen LogP contribution in [0.4, 0.5) is 0 Å². The van der Waals surface area contributed by atoms with Crippen molar-refractivity contribution in [1.29, 1.82) is 0 Å². The Morgan fingerprint density at radius 3 is 2.69 bits per heavy atom. The van der Waals surface area contributed by atoms with E-state index in [4.69, 9.17) is 5.11 Å². The van der Waals surface area contributed by atoms with Crippen LogP contribution in [0.25, 0.3) is 0 Å². The topological polar surface area (TPSA) is 57.6 Å². The lowest BCUT2D eigenvalue weighted by Crippen LogP contribution is -2.39. The molecule has 0 aromatic heterocycles. The summed E-state index contributed by atoms with van der Waals surface area (Å²) in [5.74, 6) is -0.206. The lowest BCUT2D eigenvalue weighted by molar-refractivity contribution is -0.138. The van der Waals surface area contributed by atoms with Gasteiger partial charge in [-0.15, -0.1) is 0 Å². The van der Waals surface area contributed by atoms with Gasteiger partial charge in [-0.25, -0.2) is 0 Å². The van der Waals surface area contributed by atoms with E-state index >= 15 is 0 Å². The van der Waals surface area contributed by atoms with Crippen LogP contribution in [0.3, 0.4) is 0 Å². The van der Waals surface area contributed by atoms with Crippen molar-refractivity contribution >= 4 is 11.9 Å². The van der Waals surface area contributed by atoms with E-state index in [1.165, 1.54) is 6.42 Å². The zero-order chi connectivity index (χ0) is 12.1. The maximum atomic E-state index is 11.9. The van der Waals surface area contributed by atoms with E-state index in [9.17, 15) is 9.59 Å². The van der Waals surface area contributed by atoms with Crippen LogP contribution in [-0.4, -0.2) is 35.0 Å². The van der Waals surface area contributed by atoms with E-state index in [1.807, 2.05) is 11.8 Å². The fourth-order valence-corrected chi connectivity index (χ4v) is 2.21. The van der Waals surface area contributed by atoms with Gasteiger partial charge in [0, 0.05) is 25.9 Å². The molecule has 4 nitrogen and oxygen atoms in total. The number of carbonyl (C=O) groups excluding carboxylic acids is 1. The molecule has 1 saturated heterocycles. The minimum absolute atomic E-state index is 0.0674. The van der Waals surface area contributed by atoms with Gasteiger partial charge in [-0.2, -0.15) is 0 Å². The maximum absolute atomic E-state index is 11.9. The Labute approximate surface area is 96.6 Å². The van der Waals surface area contributed by atoms with Crippen LogP contribution in [0.1, 0.15) is 39.5 Å². The molecular weight excluding hydrogens is 206 g/mol. The van der Waals surface area contributed by atoms with Gasteiger partial charge in [0.2, 0.25) is 5.91 Å². The van der Waals surface area contributed by atoms with E-state index in [2.05, 4.69) is 6.92 Å². The van der Waals surface area contributed by atoms with Crippen LogP contribution in [-0.2, 0) is 9.59 Å². The number of carbonyl (C=O) groups is 2. The van der Waals surface area contributed by atoms with Gasteiger partial charge in [0.15, 0.2) is 0 Å². The van der Waals surface area contributed by atoms with Crippen molar-refractivity contribution < 1.29 is 14.7 Å². The molecule has 0 saturated carbocycles. The Morgan fingerprint density at radius 1 is 1.44 bits per heavy atom. The standard InChI is InChI=1S/C12H21NO3/c1-9-4-3-5-13(8-9)11(14)6-10(2)7-12(15)16/h9-10H,3-8H2,1-2H3,(H,15,16). The van der Waals surface area contributed by atoms with Crippen LogP contribution in [0.2, 0.25) is 0 Å². The van der Waals surface area contributed by atoms with Crippen molar-refractivity contribution in [2.75, 3.05) is 13.1 Å². The lowest BCUT2D eigenvalue weighted by atomic mass is 9.98. The minimum atomic E-state index is -0.827. The number of carboxylic acids is 1. The highest BCUT2D eigenvalue weighted by atomic mass is 16.4. The first-order valence-corrected chi connectivity index (χ1v) is 5.98. The first kappa shape index (κ1) is 13.0. The summed E-state index contributed by atoms with van der Waals surface area (Å²) in [5.41, 5.74) is 0. The molecule has 4 heteroatoms. The van der Waals surface area contributed by atoms with E-state index in [1.54, 1.807) is 0 Å². The van der Waals surface area contributed by atoms with E-state index in [-0.39, 0.29) is 18.2 Å². The molecule has 2 unspecified atom stereocenters. The van der Waals surface area contributed by atoms with Crippen LogP contribution >= 0.6 is 0 Å². The number of hydrogen-bond acceptors (Lipinski definition) is 2. The van der Waals surface area contributed by atoms with Gasteiger partial charge in [0.1, 0.15) is 0 Å². The van der Waals surface area contributed by atoms with Crippen LogP contribution in [0.15, 0.2) is 0 Å². The quantitative estimate of drug-likeness (QED) is 0.796. The molecule has 0 aromatic rings. The molecule has 1 amide bonds. The second-order valence-electron chi connectivity index (χ2n) is 4.99. The molecule has 1 aliphatic heterocycles. The highest BCUT2D eigenvalue weighted by molar-refractivity contribution is 5.77. The molecular formula is C12H21NO3. The Kier molecular flexibility index (Phi) is 4.77. The van der Waals surface area contributed by atoms with Crippen molar-refractivity contribution in [3.63, 3.8) is 0 Å². The molecule has 92 valence electrons. The zero-order valence-electron chi connectivity index (χ0n) is 10.1. The smallest absolute Gasteiger partial charge is 0.303 e. The summed E-state index contributed by atoms with van der Waals surface area (Å²) in [6, 6.07) is 0. The Balaban J connectivity index is 2.36. The van der Waals surface area contributed by atoms with E-state index in [0.717, 1.165) is 19.5 Å². The third-order valence-corrected chi connectivity index (χ3v) is 3.06. The van der Waals surface area contributed by atoms with Crippen LogP contribution < -0.4 is 0 Å². The molecule has 1 aliphatic rings. The predicted molar refractivity (Wildman–Crippen MR) is 61.0 cm³/mol. The molecule has 1 N–H and O–H groups in total. The first-order valence-electron chi connectivity index (χ1n) is 5.98. The summed E-state index contributed by atoms with van der Waals surface area (Å²) in [6.45, 7) is 5.64. The van der Waals surface area contributed by atoms with Gasteiger partial charge in [-0.05, 0) is 24.7 Å². The number of hydrogen-bond donors (Lipinski definition) is 1. The van der Waals surface area contributed by atoms with Gasteiger partial charge in [0.25, 0.3) is 0 Å². The summed E-state index contributed by atoms with van der Waals surface area (Å²) >= 11 is 0. The number of carboxylic acid groups (broad SMARTS) is 1. The highest BCUT2D eigenvalue weighted by Gasteiger charge is 2.22. The van der Waals surface area contributed by atoms with Crippen molar-refractivity contribution in [3.05, 3.63) is 0 Å². The van der Waals surface area contributed by atoms with Crippen molar-refractivity contribution in [2.24, 2.45) is 11.8 Å². The molecule has 0 bridgehead atoms. The van der Waals surface area contributed by atoms with Crippen LogP contribution in [0.5, 0.6) is 0 Å². The SMILES string of the molecule is CC(CC(=O)O)CC(=O)N1CCCC(C)C1. The Bertz CT molecular complexity index is 265. The van der Waals surface area contributed by atoms with Crippen molar-refractivity contribution in [3.8, 4) is 0 Å². The van der Waals surface area contributed by atoms with Gasteiger partial charge in [-0.3, -0.25) is 9.59 Å². The van der Waals surface area contributed by atoms with E-state index in [0.29, 0.717) is 12.3 Å². The molecule has 2 atom stereocenters. The third kappa shape index (κ3) is 4.21. The summed E-state index contributed by atoms with van der Waals surface area (Å²) < 4.78 is 0. The Morgan fingerprint density at radius 2 is 2.12 bits per heavy atom. The molecule has 0 aliphatic carbocycles. The fraction of sp³-hybridized carbons (Fsp3) is 0.833. The lowest BCUT2D eigenvalue weighted by Gasteiger charge is -2.31. The molecule has 0 aromatic carbocycles. The minimum Gasteiger partial charge on any atom is -0.481 e. The Hall–Kier alpha value is -1.06. The third-order valence-electron chi connectivity index (χ3n) is 3.06. The van der Waals surface area contributed by atoms with Crippen molar-refractivity contribution in [1.82, 2.24) is 4.90 Å². The molecule has 0 radical (unpaired) electrons. The normalized spacial score (nSPS) is 22.9. The zero-order valence-corrected chi connectivity index (χ0v) is 10.1.